The van der Waals surface area contributed by atoms with Gasteiger partial charge in [-0.05, 0) is 32.2 Å². The Balaban J connectivity index is 2.13. The second kappa shape index (κ2) is 5.31. The van der Waals surface area contributed by atoms with Gasteiger partial charge in [0.2, 0.25) is 0 Å². The molecule has 0 spiro atoms. The molecule has 0 radical (unpaired) electrons. The Hall–Kier alpha value is -1.36. The van der Waals surface area contributed by atoms with Crippen LogP contribution in [0.5, 0.6) is 0 Å². The predicted molar refractivity (Wildman–Crippen MR) is 63.4 cm³/mol. The minimum Gasteiger partial charge on any atom is -0.364 e. The third kappa shape index (κ3) is 2.34. The number of rotatable bonds is 4. The number of amides is 1. The van der Waals surface area contributed by atoms with Crippen LogP contribution in [0.25, 0.3) is 0 Å². The molecule has 2 unspecified atom stereocenters. The number of carbonyl (C=O) groups is 1. The highest BCUT2D eigenvalue weighted by Gasteiger charge is 2.34. The lowest BCUT2D eigenvalue weighted by molar-refractivity contribution is 0.0641. The fourth-order valence-corrected chi connectivity index (χ4v) is 2.70. The summed E-state index contributed by atoms with van der Waals surface area (Å²) in [6.45, 7) is 3.32. The van der Waals surface area contributed by atoms with Crippen molar-refractivity contribution in [2.45, 2.75) is 32.2 Å². The van der Waals surface area contributed by atoms with E-state index in [1.54, 1.807) is 6.07 Å². The number of hydrogen-bond donors (Lipinski definition) is 1. The van der Waals surface area contributed by atoms with Gasteiger partial charge in [0.25, 0.3) is 5.91 Å². The zero-order valence-electron chi connectivity index (χ0n) is 10.1. The van der Waals surface area contributed by atoms with Crippen LogP contribution >= 0.6 is 0 Å². The molecule has 1 heterocycles. The van der Waals surface area contributed by atoms with Gasteiger partial charge in [-0.1, -0.05) is 11.6 Å². The highest BCUT2D eigenvalue weighted by Crippen LogP contribution is 2.29. The van der Waals surface area contributed by atoms with Crippen LogP contribution in [0.3, 0.4) is 0 Å². The Morgan fingerprint density at radius 2 is 2.47 bits per heavy atom. The van der Waals surface area contributed by atoms with Gasteiger partial charge in [0.15, 0.2) is 5.69 Å². The molecule has 0 aliphatic heterocycles. The van der Waals surface area contributed by atoms with Gasteiger partial charge in [0, 0.05) is 18.7 Å². The van der Waals surface area contributed by atoms with Crippen molar-refractivity contribution in [1.29, 1.82) is 0 Å². The van der Waals surface area contributed by atoms with E-state index >= 15 is 0 Å². The molecule has 5 nitrogen and oxygen atoms in total. The minimum atomic E-state index is -0.0494. The standard InChI is InChI=1S/C12H19N3O2/c1-2-15(11-5-3-4-9(11)8-13)12(16)10-6-7-17-14-10/h6-7,9,11H,2-5,8,13H2,1H3. The average Bonchev–Trinajstić information content (AvgIpc) is 3.01. The maximum Gasteiger partial charge on any atom is 0.276 e. The molecule has 1 saturated carbocycles. The molecule has 2 N–H and O–H groups in total. The Labute approximate surface area is 101 Å². The lowest BCUT2D eigenvalue weighted by Crippen LogP contribution is -2.44. The highest BCUT2D eigenvalue weighted by molar-refractivity contribution is 5.92. The Kier molecular flexibility index (Phi) is 3.78. The van der Waals surface area contributed by atoms with E-state index in [0.29, 0.717) is 24.7 Å². The van der Waals surface area contributed by atoms with E-state index in [1.165, 1.54) is 6.26 Å². The zero-order chi connectivity index (χ0) is 12.3. The largest absolute Gasteiger partial charge is 0.364 e. The Morgan fingerprint density at radius 1 is 1.65 bits per heavy atom. The van der Waals surface area contributed by atoms with Crippen LogP contribution in [0.4, 0.5) is 0 Å². The van der Waals surface area contributed by atoms with Crippen molar-refractivity contribution in [1.82, 2.24) is 10.1 Å². The number of nitrogens with zero attached hydrogens (tertiary/aromatic N) is 2. The van der Waals surface area contributed by atoms with Crippen molar-refractivity contribution in [3.63, 3.8) is 0 Å². The fourth-order valence-electron chi connectivity index (χ4n) is 2.70. The molecule has 0 bridgehead atoms. The molecule has 5 heteroatoms. The first-order chi connectivity index (χ1) is 8.27. The molecule has 17 heavy (non-hydrogen) atoms. The summed E-state index contributed by atoms with van der Waals surface area (Å²) in [6, 6.07) is 1.87. The monoisotopic (exact) mass is 237 g/mol. The van der Waals surface area contributed by atoms with E-state index < -0.39 is 0 Å². The summed E-state index contributed by atoms with van der Waals surface area (Å²) in [4.78, 5) is 14.1. The number of aromatic nitrogens is 1. The fraction of sp³-hybridized carbons (Fsp3) is 0.667. The van der Waals surface area contributed by atoms with Gasteiger partial charge in [-0.2, -0.15) is 0 Å². The molecule has 0 saturated heterocycles. The van der Waals surface area contributed by atoms with Crippen molar-refractivity contribution in [3.05, 3.63) is 18.0 Å². The van der Waals surface area contributed by atoms with Crippen molar-refractivity contribution in [2.75, 3.05) is 13.1 Å². The molecular formula is C12H19N3O2. The van der Waals surface area contributed by atoms with Gasteiger partial charge in [-0.3, -0.25) is 4.79 Å². The summed E-state index contributed by atoms with van der Waals surface area (Å²) >= 11 is 0. The van der Waals surface area contributed by atoms with E-state index in [9.17, 15) is 4.79 Å². The summed E-state index contributed by atoms with van der Waals surface area (Å²) < 4.78 is 4.72. The molecule has 1 aromatic rings. The van der Waals surface area contributed by atoms with Gasteiger partial charge in [-0.25, -0.2) is 0 Å². The number of nitrogens with two attached hydrogens (primary N) is 1. The second-order valence-electron chi connectivity index (χ2n) is 4.47. The lowest BCUT2D eigenvalue weighted by atomic mass is 10.0. The second-order valence-corrected chi connectivity index (χ2v) is 4.47. The molecule has 0 aromatic carbocycles. The predicted octanol–water partition coefficient (Wildman–Crippen LogP) is 1.26. The van der Waals surface area contributed by atoms with Gasteiger partial charge in [-0.15, -0.1) is 0 Å². The van der Waals surface area contributed by atoms with Crippen LogP contribution in [-0.4, -0.2) is 35.1 Å². The smallest absolute Gasteiger partial charge is 0.276 e. The molecule has 2 rings (SSSR count). The molecule has 1 aromatic heterocycles. The quantitative estimate of drug-likeness (QED) is 0.855. The SMILES string of the molecule is CCN(C(=O)c1ccon1)C1CCCC1CN. The summed E-state index contributed by atoms with van der Waals surface area (Å²) in [5, 5.41) is 3.71. The van der Waals surface area contributed by atoms with E-state index in [1.807, 2.05) is 11.8 Å². The highest BCUT2D eigenvalue weighted by atomic mass is 16.5. The maximum absolute atomic E-state index is 12.2. The summed E-state index contributed by atoms with van der Waals surface area (Å²) in [5.74, 6) is 0.373. The normalized spacial score (nSPS) is 23.9. The third-order valence-corrected chi connectivity index (χ3v) is 3.58. The van der Waals surface area contributed by atoms with Gasteiger partial charge in [0.1, 0.15) is 6.26 Å². The average molecular weight is 237 g/mol. The number of carbonyl (C=O) groups excluding carboxylic acids is 1. The van der Waals surface area contributed by atoms with Crippen LogP contribution < -0.4 is 5.73 Å². The van der Waals surface area contributed by atoms with E-state index in [-0.39, 0.29) is 11.9 Å². The Bertz CT molecular complexity index is 364. The first-order valence-corrected chi connectivity index (χ1v) is 6.19. The maximum atomic E-state index is 12.2. The summed E-state index contributed by atoms with van der Waals surface area (Å²) in [6.07, 6.45) is 4.73. The van der Waals surface area contributed by atoms with Crippen LogP contribution in [-0.2, 0) is 0 Å². The topological polar surface area (TPSA) is 72.4 Å². The van der Waals surface area contributed by atoms with Crippen molar-refractivity contribution in [2.24, 2.45) is 11.7 Å². The van der Waals surface area contributed by atoms with Gasteiger partial charge < -0.3 is 15.2 Å². The molecule has 1 aliphatic carbocycles. The van der Waals surface area contributed by atoms with E-state index in [2.05, 4.69) is 5.16 Å². The van der Waals surface area contributed by atoms with Crippen molar-refractivity contribution < 1.29 is 9.32 Å². The molecule has 1 aliphatic rings. The van der Waals surface area contributed by atoms with Crippen molar-refractivity contribution in [3.8, 4) is 0 Å². The van der Waals surface area contributed by atoms with Crippen LogP contribution in [0, 0.1) is 5.92 Å². The Morgan fingerprint density at radius 3 is 3.06 bits per heavy atom. The van der Waals surface area contributed by atoms with Crippen molar-refractivity contribution >= 4 is 5.91 Å². The van der Waals surface area contributed by atoms with Gasteiger partial charge in [0.05, 0.1) is 0 Å². The molecule has 2 atom stereocenters. The van der Waals surface area contributed by atoms with Crippen LogP contribution in [0.2, 0.25) is 0 Å². The number of hydrogen-bond acceptors (Lipinski definition) is 4. The van der Waals surface area contributed by atoms with E-state index in [4.69, 9.17) is 10.3 Å². The minimum absolute atomic E-state index is 0.0494. The third-order valence-electron chi connectivity index (χ3n) is 3.58. The van der Waals surface area contributed by atoms with E-state index in [0.717, 1.165) is 19.3 Å². The van der Waals surface area contributed by atoms with Crippen LogP contribution in [0.15, 0.2) is 16.9 Å². The molecule has 1 amide bonds. The first-order valence-electron chi connectivity index (χ1n) is 6.19. The summed E-state index contributed by atoms with van der Waals surface area (Å²) in [7, 11) is 0. The van der Waals surface area contributed by atoms with Gasteiger partial charge >= 0.3 is 0 Å². The molecular weight excluding hydrogens is 218 g/mol. The molecule has 1 fully saturated rings. The summed E-state index contributed by atoms with van der Waals surface area (Å²) in [5.41, 5.74) is 6.15. The lowest BCUT2D eigenvalue weighted by Gasteiger charge is -2.31. The van der Waals surface area contributed by atoms with Crippen LogP contribution in [0.1, 0.15) is 36.7 Å². The first kappa shape index (κ1) is 12.1. The zero-order valence-corrected chi connectivity index (χ0v) is 10.1. The molecule has 94 valence electrons.